The Morgan fingerprint density at radius 1 is 0.940 bits per heavy atom. The minimum Gasteiger partial charge on any atom is -0.491 e. The van der Waals surface area contributed by atoms with Gasteiger partial charge in [-0.25, -0.2) is 14.4 Å². The molecule has 50 heavy (non-hydrogen) atoms. The SMILES string of the molecule is CC.CC(C)(C)OC(=O)NCCCC[C@H](NC(=O)N[C@@H]1Cc2ccc(cc2)OCC(O)C(O)COCCNC1=O)C(=O)OC(C)(C)C.CCC. The molecule has 0 radical (unpaired) electrons. The number of hydrogen-bond acceptors (Lipinski definition) is 10. The van der Waals surface area contributed by atoms with E-state index in [0.717, 1.165) is 0 Å². The Hall–Kier alpha value is -3.62. The van der Waals surface area contributed by atoms with Crippen LogP contribution >= 0.6 is 0 Å². The summed E-state index contributed by atoms with van der Waals surface area (Å²) in [6.45, 7) is 18.9. The van der Waals surface area contributed by atoms with Crippen LogP contribution in [0.2, 0.25) is 0 Å². The van der Waals surface area contributed by atoms with Gasteiger partial charge in [0.05, 0.1) is 13.2 Å². The van der Waals surface area contributed by atoms with Crippen molar-refractivity contribution in [2.75, 3.05) is 32.9 Å². The van der Waals surface area contributed by atoms with Gasteiger partial charge in [-0.05, 0) is 78.5 Å². The van der Waals surface area contributed by atoms with E-state index in [1.807, 2.05) is 13.8 Å². The molecule has 0 saturated carbocycles. The van der Waals surface area contributed by atoms with Gasteiger partial charge in [0, 0.05) is 19.5 Å². The number of esters is 1. The molecule has 2 aliphatic rings. The zero-order chi connectivity index (χ0) is 38.3. The van der Waals surface area contributed by atoms with Crippen molar-refractivity contribution < 1.29 is 48.3 Å². The Morgan fingerprint density at radius 3 is 2.10 bits per heavy atom. The van der Waals surface area contributed by atoms with Crippen molar-refractivity contribution in [2.45, 2.75) is 137 Å². The summed E-state index contributed by atoms with van der Waals surface area (Å²) in [7, 11) is 0. The van der Waals surface area contributed by atoms with E-state index in [1.54, 1.807) is 65.8 Å². The first-order chi connectivity index (χ1) is 23.4. The zero-order valence-corrected chi connectivity index (χ0v) is 31.9. The molecule has 2 aliphatic heterocycles. The van der Waals surface area contributed by atoms with Gasteiger partial charge in [-0.15, -0.1) is 0 Å². The summed E-state index contributed by atoms with van der Waals surface area (Å²) in [5.41, 5.74) is -0.696. The zero-order valence-electron chi connectivity index (χ0n) is 31.9. The second-order valence-corrected chi connectivity index (χ2v) is 13.5. The van der Waals surface area contributed by atoms with Crippen molar-refractivity contribution in [1.82, 2.24) is 21.3 Å². The molecule has 1 aromatic rings. The summed E-state index contributed by atoms with van der Waals surface area (Å²) in [5.74, 6) is -0.657. The van der Waals surface area contributed by atoms with Crippen molar-refractivity contribution in [2.24, 2.45) is 0 Å². The first-order valence-electron chi connectivity index (χ1n) is 17.6. The summed E-state index contributed by atoms with van der Waals surface area (Å²) >= 11 is 0. The first kappa shape index (κ1) is 46.4. The lowest BCUT2D eigenvalue weighted by Crippen LogP contribution is -2.55. The summed E-state index contributed by atoms with van der Waals surface area (Å²) in [5, 5.41) is 30.8. The highest BCUT2D eigenvalue weighted by molar-refractivity contribution is 5.89. The summed E-state index contributed by atoms with van der Waals surface area (Å²) in [6.07, 6.45) is -0.262. The average Bonchev–Trinajstić information content (AvgIpc) is 3.02. The minimum atomic E-state index is -1.18. The topological polar surface area (TPSA) is 194 Å². The third-order valence-corrected chi connectivity index (χ3v) is 6.27. The molecule has 14 heteroatoms. The van der Waals surface area contributed by atoms with Crippen LogP contribution < -0.4 is 26.0 Å². The molecular formula is C36H64N4O10. The number of nitrogens with one attached hydrogen (secondary N) is 4. The van der Waals surface area contributed by atoms with Crippen LogP contribution in [0.4, 0.5) is 9.59 Å². The number of benzene rings is 1. The number of hydrogen-bond donors (Lipinski definition) is 6. The number of carbonyl (C=O) groups excluding carboxylic acids is 4. The Labute approximate surface area is 298 Å². The largest absolute Gasteiger partial charge is 0.491 e. The lowest BCUT2D eigenvalue weighted by molar-refractivity contribution is -0.157. The second kappa shape index (κ2) is 24.5. The van der Waals surface area contributed by atoms with Crippen molar-refractivity contribution >= 4 is 24.0 Å². The molecule has 6 N–H and O–H groups in total. The highest BCUT2D eigenvalue weighted by atomic mass is 16.6. The normalized spacial score (nSPS) is 19.0. The summed E-state index contributed by atoms with van der Waals surface area (Å²) in [6, 6.07) is 4.01. The third-order valence-electron chi connectivity index (χ3n) is 6.27. The van der Waals surface area contributed by atoms with Crippen molar-refractivity contribution in [3.63, 3.8) is 0 Å². The van der Waals surface area contributed by atoms with Crippen LogP contribution in [-0.2, 0) is 30.2 Å². The van der Waals surface area contributed by atoms with Crippen LogP contribution in [0.5, 0.6) is 5.75 Å². The monoisotopic (exact) mass is 712 g/mol. The third kappa shape index (κ3) is 22.2. The molecule has 0 aliphatic carbocycles. The van der Waals surface area contributed by atoms with Gasteiger partial charge in [0.1, 0.15) is 47.9 Å². The maximum atomic E-state index is 13.1. The van der Waals surface area contributed by atoms with Crippen molar-refractivity contribution in [1.29, 1.82) is 0 Å². The van der Waals surface area contributed by atoms with E-state index in [1.165, 1.54) is 6.42 Å². The standard InChI is InChI=1S/C31H50N4O10.C3H8.C2H6/c1-30(2,3)44-27(39)22(9-7-8-14-33-29(41)45-31(4,5)6)34-28(40)35-23-17-20-10-12-21(13-11-20)43-19-25(37)24(36)18-42-16-15-32-26(23)38;1-3-2;1-2/h10-13,22-25,36-37H,7-9,14-19H2,1-6H3,(H,32,38)(H,33,41)(H2,34,35,40);3H2,1-2H3;1-2H3/t22-,23+,24?,25?;;/m0../s1. The predicted molar refractivity (Wildman–Crippen MR) is 192 cm³/mol. The number of aliphatic hydroxyl groups is 2. The smallest absolute Gasteiger partial charge is 0.407 e. The lowest BCUT2D eigenvalue weighted by Gasteiger charge is -2.26. The highest BCUT2D eigenvalue weighted by Crippen LogP contribution is 2.16. The molecule has 2 unspecified atom stereocenters. The van der Waals surface area contributed by atoms with Gasteiger partial charge in [-0.2, -0.15) is 0 Å². The van der Waals surface area contributed by atoms with Crippen molar-refractivity contribution in [3.8, 4) is 5.75 Å². The molecule has 14 nitrogen and oxygen atoms in total. The number of fused-ring (bicyclic) bond motifs is 13. The molecule has 0 saturated heterocycles. The summed E-state index contributed by atoms with van der Waals surface area (Å²) < 4.78 is 21.6. The fourth-order valence-corrected chi connectivity index (χ4v) is 4.10. The number of carbonyl (C=O) groups is 4. The van der Waals surface area contributed by atoms with E-state index < -0.39 is 59.5 Å². The molecule has 4 amide bonds. The predicted octanol–water partition coefficient (Wildman–Crippen LogP) is 3.99. The number of amides is 4. The van der Waals surface area contributed by atoms with Crippen LogP contribution in [0.25, 0.3) is 0 Å². The van der Waals surface area contributed by atoms with Gasteiger partial charge in [-0.3, -0.25) is 4.79 Å². The molecular weight excluding hydrogens is 648 g/mol. The quantitative estimate of drug-likeness (QED) is 0.170. The van der Waals surface area contributed by atoms with E-state index in [9.17, 15) is 29.4 Å². The number of aliphatic hydroxyl groups excluding tert-OH is 2. The molecule has 0 spiro atoms. The van der Waals surface area contributed by atoms with Crippen LogP contribution in [0.15, 0.2) is 24.3 Å². The van der Waals surface area contributed by atoms with E-state index in [-0.39, 0.29) is 39.2 Å². The van der Waals surface area contributed by atoms with Gasteiger partial charge in [0.15, 0.2) is 0 Å². The van der Waals surface area contributed by atoms with E-state index in [2.05, 4.69) is 35.1 Å². The molecule has 4 atom stereocenters. The van der Waals surface area contributed by atoms with E-state index in [4.69, 9.17) is 18.9 Å². The Morgan fingerprint density at radius 2 is 1.52 bits per heavy atom. The van der Waals surface area contributed by atoms with E-state index in [0.29, 0.717) is 30.7 Å². The Bertz CT molecular complexity index is 1120. The fourth-order valence-electron chi connectivity index (χ4n) is 4.10. The molecule has 288 valence electrons. The Balaban J connectivity index is 0.00000454. The van der Waals surface area contributed by atoms with Crippen LogP contribution in [0.3, 0.4) is 0 Å². The number of alkyl carbamates (subject to hydrolysis) is 1. The van der Waals surface area contributed by atoms with E-state index >= 15 is 0 Å². The molecule has 0 aromatic heterocycles. The fraction of sp³-hybridized carbons (Fsp3) is 0.722. The minimum absolute atomic E-state index is 0.0621. The first-order valence-corrected chi connectivity index (χ1v) is 17.6. The Kier molecular flexibility index (Phi) is 22.7. The van der Waals surface area contributed by atoms with Gasteiger partial charge < -0.3 is 50.4 Å². The molecule has 0 fully saturated rings. The van der Waals surface area contributed by atoms with Gasteiger partial charge in [-0.1, -0.05) is 46.2 Å². The summed E-state index contributed by atoms with van der Waals surface area (Å²) in [4.78, 5) is 51.1. The maximum Gasteiger partial charge on any atom is 0.407 e. The number of urea groups is 1. The van der Waals surface area contributed by atoms with Crippen LogP contribution in [0.1, 0.15) is 100 Å². The second-order valence-electron chi connectivity index (χ2n) is 13.5. The lowest BCUT2D eigenvalue weighted by atomic mass is 10.0. The van der Waals surface area contributed by atoms with Crippen LogP contribution in [0, 0.1) is 0 Å². The molecule has 2 bridgehead atoms. The van der Waals surface area contributed by atoms with Gasteiger partial charge >= 0.3 is 18.1 Å². The van der Waals surface area contributed by atoms with Crippen LogP contribution in [-0.4, -0.2) is 103 Å². The van der Waals surface area contributed by atoms with Crippen molar-refractivity contribution in [3.05, 3.63) is 29.8 Å². The maximum absolute atomic E-state index is 13.1. The molecule has 3 rings (SSSR count). The molecule has 2 heterocycles. The number of unbranched alkanes of at least 4 members (excludes halogenated alkanes) is 1. The highest BCUT2D eigenvalue weighted by Gasteiger charge is 2.29. The van der Waals surface area contributed by atoms with Gasteiger partial charge in [0.25, 0.3) is 0 Å². The van der Waals surface area contributed by atoms with Gasteiger partial charge in [0.2, 0.25) is 5.91 Å². The number of rotatable bonds is 8. The molecule has 1 aromatic carbocycles. The number of ether oxygens (including phenoxy) is 4. The average molecular weight is 713 g/mol.